The molecule has 0 aliphatic carbocycles. The second-order valence-electron chi connectivity index (χ2n) is 6.13. The Balaban J connectivity index is 1.51. The molecule has 0 bridgehead atoms. The summed E-state index contributed by atoms with van der Waals surface area (Å²) in [4.78, 5) is 7.46. The van der Waals surface area contributed by atoms with Gasteiger partial charge < -0.3 is 0 Å². The summed E-state index contributed by atoms with van der Waals surface area (Å²) in [5.41, 5.74) is 3.26. The Morgan fingerprint density at radius 3 is 2.52 bits per heavy atom. The molecule has 0 radical (unpaired) electrons. The summed E-state index contributed by atoms with van der Waals surface area (Å²) in [5.74, 6) is 0. The van der Waals surface area contributed by atoms with Crippen LogP contribution in [0.5, 0.6) is 0 Å². The summed E-state index contributed by atoms with van der Waals surface area (Å²) >= 11 is 8.67. The first kappa shape index (κ1) is 17.3. The average molecular weight is 472 g/mol. The van der Waals surface area contributed by atoms with Crippen LogP contribution in [0.15, 0.2) is 74.2 Å². The molecule has 1 aliphatic rings. The average Bonchev–Trinajstić information content (AvgIpc) is 3.49. The summed E-state index contributed by atoms with van der Waals surface area (Å²) in [6.07, 6.45) is 0.911. The third kappa shape index (κ3) is 3.40. The van der Waals surface area contributed by atoms with Crippen LogP contribution in [-0.4, -0.2) is 10.7 Å². The van der Waals surface area contributed by atoms with Crippen LogP contribution in [-0.2, 0) is 0 Å². The molecule has 0 fully saturated rings. The summed E-state index contributed by atoms with van der Waals surface area (Å²) < 4.78 is 1.07. The SMILES string of the molecule is Brc1ccc(-c2csc(N3N=C(c4cccs4)CC3c3cccs3)n2)cc1. The quantitative estimate of drug-likeness (QED) is 0.318. The van der Waals surface area contributed by atoms with Crippen LogP contribution >= 0.6 is 49.9 Å². The van der Waals surface area contributed by atoms with Gasteiger partial charge in [-0.3, -0.25) is 0 Å². The van der Waals surface area contributed by atoms with Gasteiger partial charge in [-0.2, -0.15) is 5.10 Å². The molecule has 5 rings (SSSR count). The van der Waals surface area contributed by atoms with E-state index in [2.05, 4.69) is 73.5 Å². The molecule has 1 unspecified atom stereocenters. The Bertz CT molecular complexity index is 1070. The van der Waals surface area contributed by atoms with Crippen molar-refractivity contribution in [1.82, 2.24) is 4.98 Å². The van der Waals surface area contributed by atoms with Crippen molar-refractivity contribution in [3.63, 3.8) is 0 Å². The van der Waals surface area contributed by atoms with Crippen LogP contribution < -0.4 is 5.01 Å². The fourth-order valence-corrected chi connectivity index (χ4v) is 5.73. The van der Waals surface area contributed by atoms with E-state index in [9.17, 15) is 0 Å². The highest BCUT2D eigenvalue weighted by Crippen LogP contribution is 2.41. The van der Waals surface area contributed by atoms with Gasteiger partial charge in [0, 0.05) is 26.7 Å². The number of benzene rings is 1. The van der Waals surface area contributed by atoms with Crippen molar-refractivity contribution in [2.45, 2.75) is 12.5 Å². The van der Waals surface area contributed by atoms with E-state index >= 15 is 0 Å². The smallest absolute Gasteiger partial charge is 0.207 e. The monoisotopic (exact) mass is 471 g/mol. The first-order valence-electron chi connectivity index (χ1n) is 8.43. The van der Waals surface area contributed by atoms with Crippen LogP contribution in [0, 0.1) is 0 Å². The minimum Gasteiger partial charge on any atom is -0.230 e. The number of rotatable bonds is 4. The normalized spacial score (nSPS) is 16.7. The first-order chi connectivity index (χ1) is 13.3. The molecule has 0 saturated heterocycles. The minimum absolute atomic E-state index is 0.214. The molecular weight excluding hydrogens is 458 g/mol. The summed E-state index contributed by atoms with van der Waals surface area (Å²) in [6.45, 7) is 0. The van der Waals surface area contributed by atoms with E-state index in [1.807, 2.05) is 12.1 Å². The molecule has 134 valence electrons. The van der Waals surface area contributed by atoms with Crippen LogP contribution in [0.3, 0.4) is 0 Å². The lowest BCUT2D eigenvalue weighted by Crippen LogP contribution is -2.17. The van der Waals surface area contributed by atoms with Crippen LogP contribution in [0.2, 0.25) is 0 Å². The minimum atomic E-state index is 0.214. The predicted octanol–water partition coefficient (Wildman–Crippen LogP) is 7.05. The van der Waals surface area contributed by atoms with Gasteiger partial charge in [-0.05, 0) is 35.0 Å². The number of thiophene rings is 2. The Labute approximate surface area is 177 Å². The highest BCUT2D eigenvalue weighted by Gasteiger charge is 2.32. The maximum Gasteiger partial charge on any atom is 0.207 e. The number of nitrogens with zero attached hydrogens (tertiary/aromatic N) is 3. The number of hydrogen-bond donors (Lipinski definition) is 0. The molecule has 0 amide bonds. The number of anilines is 1. The largest absolute Gasteiger partial charge is 0.230 e. The number of thiazole rings is 1. The molecular formula is C20H14BrN3S3. The molecule has 1 atom stereocenters. The van der Waals surface area contributed by atoms with Crippen molar-refractivity contribution < 1.29 is 0 Å². The van der Waals surface area contributed by atoms with Gasteiger partial charge in [-0.15, -0.1) is 34.0 Å². The van der Waals surface area contributed by atoms with Crippen molar-refractivity contribution in [3.8, 4) is 11.3 Å². The van der Waals surface area contributed by atoms with Crippen molar-refractivity contribution in [1.29, 1.82) is 0 Å². The number of hydrogen-bond acceptors (Lipinski definition) is 6. The Kier molecular flexibility index (Phi) is 4.69. The fourth-order valence-electron chi connectivity index (χ4n) is 3.10. The second kappa shape index (κ2) is 7.31. The molecule has 4 heterocycles. The molecule has 27 heavy (non-hydrogen) atoms. The van der Waals surface area contributed by atoms with Gasteiger partial charge in [-0.1, -0.05) is 40.2 Å². The third-order valence-corrected chi connectivity index (χ3v) is 7.67. The lowest BCUT2D eigenvalue weighted by Gasteiger charge is -2.19. The van der Waals surface area contributed by atoms with Gasteiger partial charge in [0.1, 0.15) is 0 Å². The van der Waals surface area contributed by atoms with Gasteiger partial charge in [0.15, 0.2) is 0 Å². The zero-order chi connectivity index (χ0) is 18.2. The van der Waals surface area contributed by atoms with Crippen molar-refractivity contribution in [3.05, 3.63) is 78.9 Å². The number of halogens is 1. The maximum atomic E-state index is 4.97. The molecule has 1 aliphatic heterocycles. The Hall–Kier alpha value is -1.80. The lowest BCUT2D eigenvalue weighted by atomic mass is 10.1. The third-order valence-electron chi connectivity index (χ3n) is 4.42. The molecule has 3 nitrogen and oxygen atoms in total. The van der Waals surface area contributed by atoms with Crippen molar-refractivity contribution in [2.75, 3.05) is 5.01 Å². The van der Waals surface area contributed by atoms with Crippen LogP contribution in [0.1, 0.15) is 22.2 Å². The number of aromatic nitrogens is 1. The van der Waals surface area contributed by atoms with Crippen molar-refractivity contribution in [2.24, 2.45) is 5.10 Å². The first-order valence-corrected chi connectivity index (χ1v) is 11.9. The van der Waals surface area contributed by atoms with Gasteiger partial charge in [0.2, 0.25) is 5.13 Å². The standard InChI is InChI=1S/C20H14BrN3S3/c21-14-7-5-13(6-8-14)16-12-27-20(22-16)24-17(19-4-2-10-26-19)11-15(23-24)18-3-1-9-25-18/h1-10,12,17H,11H2. The molecule has 3 aromatic heterocycles. The Morgan fingerprint density at radius 2 is 1.78 bits per heavy atom. The van der Waals surface area contributed by atoms with Gasteiger partial charge in [0.05, 0.1) is 22.3 Å². The summed E-state index contributed by atoms with van der Waals surface area (Å²) in [6, 6.07) is 17.0. The van der Waals surface area contributed by atoms with Gasteiger partial charge in [0.25, 0.3) is 0 Å². The predicted molar refractivity (Wildman–Crippen MR) is 120 cm³/mol. The van der Waals surface area contributed by atoms with E-state index in [1.165, 1.54) is 9.75 Å². The fraction of sp³-hybridized carbons (Fsp3) is 0.100. The highest BCUT2D eigenvalue weighted by molar-refractivity contribution is 9.10. The highest BCUT2D eigenvalue weighted by atomic mass is 79.9. The Morgan fingerprint density at radius 1 is 0.963 bits per heavy atom. The summed E-state index contributed by atoms with van der Waals surface area (Å²) in [7, 11) is 0. The second-order valence-corrected chi connectivity index (χ2v) is 9.81. The van der Waals surface area contributed by atoms with E-state index in [0.29, 0.717) is 0 Å². The van der Waals surface area contributed by atoms with E-state index in [0.717, 1.165) is 33.0 Å². The zero-order valence-electron chi connectivity index (χ0n) is 14.1. The van der Waals surface area contributed by atoms with E-state index in [-0.39, 0.29) is 6.04 Å². The van der Waals surface area contributed by atoms with Gasteiger partial charge >= 0.3 is 0 Å². The van der Waals surface area contributed by atoms with E-state index in [1.54, 1.807) is 34.0 Å². The molecule has 0 N–H and O–H groups in total. The topological polar surface area (TPSA) is 28.5 Å². The summed E-state index contributed by atoms with van der Waals surface area (Å²) in [5, 5.41) is 14.4. The van der Waals surface area contributed by atoms with Gasteiger partial charge in [-0.25, -0.2) is 9.99 Å². The molecule has 0 spiro atoms. The van der Waals surface area contributed by atoms with Crippen LogP contribution in [0.4, 0.5) is 5.13 Å². The maximum absolute atomic E-state index is 4.97. The number of hydrazone groups is 1. The van der Waals surface area contributed by atoms with Crippen LogP contribution in [0.25, 0.3) is 11.3 Å². The van der Waals surface area contributed by atoms with Crippen molar-refractivity contribution >= 4 is 60.8 Å². The lowest BCUT2D eigenvalue weighted by molar-refractivity contribution is 0.719. The molecule has 7 heteroatoms. The van der Waals surface area contributed by atoms with E-state index in [4.69, 9.17) is 10.1 Å². The zero-order valence-corrected chi connectivity index (χ0v) is 18.1. The van der Waals surface area contributed by atoms with E-state index < -0.39 is 0 Å². The molecule has 0 saturated carbocycles. The molecule has 1 aromatic carbocycles. The molecule has 4 aromatic rings.